The van der Waals surface area contributed by atoms with Crippen LogP contribution in [0.3, 0.4) is 0 Å². The number of piperidine rings is 1. The molecule has 424 valence electrons. The zero-order chi connectivity index (χ0) is 55.8. The summed E-state index contributed by atoms with van der Waals surface area (Å²) in [6.45, 7) is 8.43. The van der Waals surface area contributed by atoms with Gasteiger partial charge in [-0.3, -0.25) is 19.7 Å². The molecular formula is C57H64Cl2FN9O11. The number of carbonyl (C=O) groups is 4. The Morgan fingerprint density at radius 1 is 0.750 bits per heavy atom. The van der Waals surface area contributed by atoms with Crippen molar-refractivity contribution in [2.45, 2.75) is 38.4 Å². The molecule has 0 spiro atoms. The molecule has 0 radical (unpaired) electrons. The SMILES string of the molecule is O=C1CCC(N2Cc3cc(CNC(=O)Nc4cc(Cl)cc(CCOCCOCCOCCOCCOCCOCCNc5nc(N6CCNCC6)c6cc(Cl)c(-c7cc(O)cc8ccccc78)c(F)c6n5)c4)ccc3C2=O)C(=O)N1. The van der Waals surface area contributed by atoms with E-state index in [-0.39, 0.29) is 65.5 Å². The van der Waals surface area contributed by atoms with Gasteiger partial charge in [0.05, 0.1) is 84.3 Å². The van der Waals surface area contributed by atoms with E-state index in [0.717, 1.165) is 40.6 Å². The van der Waals surface area contributed by atoms with Gasteiger partial charge in [-0.2, -0.15) is 4.98 Å². The highest BCUT2D eigenvalue weighted by Gasteiger charge is 2.39. The lowest BCUT2D eigenvalue weighted by Gasteiger charge is -2.29. The first-order chi connectivity index (χ1) is 39.0. The van der Waals surface area contributed by atoms with E-state index in [9.17, 15) is 24.3 Å². The zero-order valence-corrected chi connectivity index (χ0v) is 45.6. The maximum Gasteiger partial charge on any atom is 0.319 e. The fraction of sp³-hybridized carbons (Fsp3) is 0.404. The van der Waals surface area contributed by atoms with Crippen molar-refractivity contribution in [2.75, 3.05) is 128 Å². The first kappa shape index (κ1) is 57.9. The van der Waals surface area contributed by atoms with Gasteiger partial charge in [-0.25, -0.2) is 14.2 Å². The molecule has 9 rings (SSSR count). The molecule has 23 heteroatoms. The molecule has 2 fully saturated rings. The third-order valence-corrected chi connectivity index (χ3v) is 14.1. The third kappa shape index (κ3) is 15.4. The van der Waals surface area contributed by atoms with E-state index in [1.54, 1.807) is 30.3 Å². The van der Waals surface area contributed by atoms with Crippen molar-refractivity contribution in [1.82, 2.24) is 30.8 Å². The first-order valence-corrected chi connectivity index (χ1v) is 27.4. The highest BCUT2D eigenvalue weighted by Crippen LogP contribution is 2.42. The number of ether oxygens (including phenoxy) is 6. The van der Waals surface area contributed by atoms with Crippen LogP contribution in [0.1, 0.15) is 39.9 Å². The second-order valence-electron chi connectivity index (χ2n) is 19.2. The number of benzene rings is 5. The number of aromatic nitrogens is 2. The second-order valence-corrected chi connectivity index (χ2v) is 20.0. The number of hydrogen-bond donors (Lipinski definition) is 6. The van der Waals surface area contributed by atoms with E-state index >= 15 is 4.39 Å². The summed E-state index contributed by atoms with van der Waals surface area (Å²) in [6.07, 6.45) is 1.03. The summed E-state index contributed by atoms with van der Waals surface area (Å²) in [5.74, 6) is -0.805. The summed E-state index contributed by atoms with van der Waals surface area (Å²) in [5, 5.41) is 27.7. The summed E-state index contributed by atoms with van der Waals surface area (Å²) in [4.78, 5) is 62.8. The number of halogens is 3. The molecule has 5 aromatic carbocycles. The van der Waals surface area contributed by atoms with Crippen LogP contribution in [-0.2, 0) is 57.5 Å². The number of amides is 5. The Morgan fingerprint density at radius 3 is 2.15 bits per heavy atom. The number of carbonyl (C=O) groups excluding carboxylic acids is 4. The van der Waals surface area contributed by atoms with Crippen LogP contribution >= 0.6 is 23.2 Å². The molecule has 2 saturated heterocycles. The molecule has 6 N–H and O–H groups in total. The first-order valence-electron chi connectivity index (χ1n) is 26.7. The molecule has 4 heterocycles. The minimum Gasteiger partial charge on any atom is -0.508 e. The maximum absolute atomic E-state index is 16.7. The normalized spacial score (nSPS) is 15.4. The molecule has 3 aliphatic rings. The van der Waals surface area contributed by atoms with Gasteiger partial charge in [-0.1, -0.05) is 59.6 Å². The van der Waals surface area contributed by atoms with Gasteiger partial charge < -0.3 is 64.6 Å². The number of anilines is 3. The Kier molecular flexibility index (Phi) is 20.7. The number of nitrogens with zero attached hydrogens (tertiary/aromatic N) is 4. The molecule has 5 amide bonds. The fourth-order valence-electron chi connectivity index (χ4n) is 9.71. The Balaban J connectivity index is 0.585. The molecule has 0 aliphatic carbocycles. The Morgan fingerprint density at radius 2 is 1.44 bits per heavy atom. The van der Waals surface area contributed by atoms with E-state index in [1.807, 2.05) is 42.5 Å². The van der Waals surface area contributed by atoms with E-state index in [4.69, 9.17) is 56.6 Å². The van der Waals surface area contributed by atoms with Gasteiger partial charge in [-0.15, -0.1) is 0 Å². The van der Waals surface area contributed by atoms with Crippen molar-refractivity contribution in [3.05, 3.63) is 117 Å². The molecule has 80 heavy (non-hydrogen) atoms. The minimum absolute atomic E-state index is 0.00317. The van der Waals surface area contributed by atoms with Crippen LogP contribution in [0.4, 0.5) is 26.6 Å². The Bertz CT molecular complexity index is 3170. The lowest BCUT2D eigenvalue weighted by Crippen LogP contribution is -2.52. The lowest BCUT2D eigenvalue weighted by molar-refractivity contribution is -0.136. The van der Waals surface area contributed by atoms with Crippen LogP contribution in [0.15, 0.2) is 78.9 Å². The number of phenols is 1. The topological polar surface area (TPSA) is 236 Å². The van der Waals surface area contributed by atoms with Crippen LogP contribution in [0.2, 0.25) is 10.0 Å². The van der Waals surface area contributed by atoms with Crippen molar-refractivity contribution in [1.29, 1.82) is 0 Å². The summed E-state index contributed by atoms with van der Waals surface area (Å²) in [5.41, 5.74) is 4.20. The van der Waals surface area contributed by atoms with Crippen LogP contribution < -0.4 is 31.5 Å². The van der Waals surface area contributed by atoms with Gasteiger partial charge in [0.1, 0.15) is 23.1 Å². The van der Waals surface area contributed by atoms with E-state index < -0.39 is 23.8 Å². The Hall–Kier alpha value is -6.79. The molecule has 0 saturated carbocycles. The minimum atomic E-state index is -0.695. The largest absolute Gasteiger partial charge is 0.508 e. The van der Waals surface area contributed by atoms with Gasteiger partial charge in [0.25, 0.3) is 5.91 Å². The number of hydrogen-bond acceptors (Lipinski definition) is 16. The van der Waals surface area contributed by atoms with Crippen molar-refractivity contribution in [3.8, 4) is 16.9 Å². The Labute approximate surface area is 471 Å². The second kappa shape index (κ2) is 28.6. The molecular weight excluding hydrogens is 1080 g/mol. The average molecular weight is 1140 g/mol. The van der Waals surface area contributed by atoms with Crippen molar-refractivity contribution in [2.24, 2.45) is 0 Å². The van der Waals surface area contributed by atoms with Gasteiger partial charge in [0.2, 0.25) is 17.8 Å². The molecule has 1 unspecified atom stereocenters. The van der Waals surface area contributed by atoms with Crippen LogP contribution in [0.5, 0.6) is 5.75 Å². The smallest absolute Gasteiger partial charge is 0.319 e. The van der Waals surface area contributed by atoms with Crippen LogP contribution in [-0.4, -0.2) is 162 Å². The predicted octanol–water partition coefficient (Wildman–Crippen LogP) is 6.85. The van der Waals surface area contributed by atoms with E-state index in [2.05, 4.69) is 36.5 Å². The molecule has 6 aromatic rings. The number of fused-ring (bicyclic) bond motifs is 3. The summed E-state index contributed by atoms with van der Waals surface area (Å²) in [6, 6.07) is 21.8. The van der Waals surface area contributed by atoms with Gasteiger partial charge >= 0.3 is 6.03 Å². The van der Waals surface area contributed by atoms with E-state index in [0.29, 0.717) is 138 Å². The average Bonchev–Trinajstić information content (AvgIpc) is 3.92. The van der Waals surface area contributed by atoms with Crippen LogP contribution in [0.25, 0.3) is 32.8 Å². The maximum atomic E-state index is 16.7. The lowest BCUT2D eigenvalue weighted by atomic mass is 9.96. The summed E-state index contributed by atoms with van der Waals surface area (Å²) < 4.78 is 50.7. The molecule has 20 nitrogen and oxygen atoms in total. The summed E-state index contributed by atoms with van der Waals surface area (Å²) >= 11 is 13.2. The number of aromatic hydroxyl groups is 1. The van der Waals surface area contributed by atoms with E-state index in [1.165, 1.54) is 11.0 Å². The van der Waals surface area contributed by atoms with Crippen LogP contribution in [0, 0.1) is 5.82 Å². The number of nitrogens with one attached hydrogen (secondary N) is 5. The van der Waals surface area contributed by atoms with Crippen molar-refractivity contribution in [3.63, 3.8) is 0 Å². The predicted molar refractivity (Wildman–Crippen MR) is 301 cm³/mol. The molecule has 1 atom stereocenters. The number of piperazine rings is 1. The van der Waals surface area contributed by atoms with Crippen molar-refractivity contribution >= 4 is 86.1 Å². The number of urea groups is 1. The number of phenolic OH excluding ortho intramolecular Hbond substituents is 1. The fourth-order valence-corrected chi connectivity index (χ4v) is 10.3. The monoisotopic (exact) mass is 1140 g/mol. The van der Waals surface area contributed by atoms with Gasteiger partial charge in [-0.05, 0) is 88.3 Å². The highest BCUT2D eigenvalue weighted by atomic mass is 35.5. The third-order valence-electron chi connectivity index (χ3n) is 13.6. The number of imide groups is 1. The van der Waals surface area contributed by atoms with Crippen molar-refractivity contribution < 1.29 is 57.1 Å². The molecule has 3 aliphatic heterocycles. The standard InChI is InChI=1S/C57H64Cl2FN9O11/c58-40-28-36(29-41(31-40)64-57(74)63-34-37-5-6-44-39(27-37)35-69(55(44)73)48-7-8-49(71)65-54(48)72)9-15-75-17-19-77-21-23-79-25-26-80-24-22-78-20-18-76-16-12-62-56-66-52-46(53(67-56)68-13-10-61-11-14-68)33-47(59)50(51(52)60)45-32-42(70)30-38-3-1-2-4-43(38)45/h1-6,27-33,48,61,70H,7-26,34-35H2,(H,62,66,67)(H2,63,64,74)(H,65,71,72). The highest BCUT2D eigenvalue weighted by molar-refractivity contribution is 6.35. The van der Waals surface area contributed by atoms with Gasteiger partial charge in [0.15, 0.2) is 5.82 Å². The molecule has 0 bridgehead atoms. The number of rotatable bonds is 28. The van der Waals surface area contributed by atoms with Gasteiger partial charge in [0, 0.05) is 79.5 Å². The quantitative estimate of drug-likeness (QED) is 0.0218. The molecule has 1 aromatic heterocycles. The zero-order valence-electron chi connectivity index (χ0n) is 44.1. The summed E-state index contributed by atoms with van der Waals surface area (Å²) in [7, 11) is 0.